The van der Waals surface area contributed by atoms with Crippen molar-refractivity contribution >= 4 is 11.9 Å². The Labute approximate surface area is 93.7 Å². The quantitative estimate of drug-likeness (QED) is 0.551. The van der Waals surface area contributed by atoms with Crippen LogP contribution in [0.3, 0.4) is 0 Å². The fourth-order valence-electron chi connectivity index (χ4n) is 1.63. The number of ether oxygens (including phenoxy) is 1. The molecule has 1 fully saturated rings. The maximum absolute atomic E-state index is 11.2. The molecule has 0 aromatic rings. The van der Waals surface area contributed by atoms with Crippen LogP contribution in [-0.4, -0.2) is 34.9 Å². The van der Waals surface area contributed by atoms with E-state index in [1.54, 1.807) is 0 Å². The van der Waals surface area contributed by atoms with Gasteiger partial charge in [0.15, 0.2) is 0 Å². The summed E-state index contributed by atoms with van der Waals surface area (Å²) in [5.74, 6) is -1.36. The maximum Gasteiger partial charge on any atom is 0.331 e. The summed E-state index contributed by atoms with van der Waals surface area (Å²) in [5, 5.41) is 17.6. The van der Waals surface area contributed by atoms with E-state index in [2.05, 4.69) is 0 Å². The molecule has 2 N–H and O–H groups in total. The lowest BCUT2D eigenvalue weighted by Gasteiger charge is -2.11. The molecule has 1 aliphatic rings. The molecule has 5 nitrogen and oxygen atoms in total. The number of esters is 1. The Balaban J connectivity index is 2.69. The molecular formula is C11H16O5. The van der Waals surface area contributed by atoms with Crippen LogP contribution in [0.15, 0.2) is 11.6 Å². The first kappa shape index (κ1) is 12.7. The van der Waals surface area contributed by atoms with Gasteiger partial charge in [-0.05, 0) is 25.3 Å². The van der Waals surface area contributed by atoms with Gasteiger partial charge in [-0.15, -0.1) is 0 Å². The SMILES string of the molecule is O=C1CCCCC(C=C(CCO)C(=O)O)O1. The molecule has 0 aromatic heterocycles. The van der Waals surface area contributed by atoms with Crippen LogP contribution in [0.25, 0.3) is 0 Å². The van der Waals surface area contributed by atoms with Crippen molar-refractivity contribution in [1.82, 2.24) is 0 Å². The van der Waals surface area contributed by atoms with E-state index in [1.165, 1.54) is 6.08 Å². The van der Waals surface area contributed by atoms with Gasteiger partial charge in [-0.25, -0.2) is 4.79 Å². The molecular weight excluding hydrogens is 212 g/mol. The predicted octanol–water partition coefficient (Wildman–Crippen LogP) is 0.866. The topological polar surface area (TPSA) is 83.8 Å². The summed E-state index contributed by atoms with van der Waals surface area (Å²) in [6, 6.07) is 0. The predicted molar refractivity (Wildman–Crippen MR) is 55.8 cm³/mol. The third-order valence-electron chi connectivity index (χ3n) is 2.45. The molecule has 0 bridgehead atoms. The number of hydrogen-bond donors (Lipinski definition) is 2. The molecule has 1 saturated heterocycles. The van der Waals surface area contributed by atoms with Crippen LogP contribution < -0.4 is 0 Å². The van der Waals surface area contributed by atoms with Gasteiger partial charge in [-0.3, -0.25) is 4.79 Å². The monoisotopic (exact) mass is 228 g/mol. The zero-order valence-corrected chi connectivity index (χ0v) is 9.02. The average Bonchev–Trinajstić information content (AvgIpc) is 2.42. The van der Waals surface area contributed by atoms with Gasteiger partial charge in [0.05, 0.1) is 0 Å². The molecule has 1 aliphatic heterocycles. The van der Waals surface area contributed by atoms with Crippen LogP contribution in [-0.2, 0) is 14.3 Å². The highest BCUT2D eigenvalue weighted by Crippen LogP contribution is 2.17. The molecule has 16 heavy (non-hydrogen) atoms. The number of carbonyl (C=O) groups excluding carboxylic acids is 1. The Morgan fingerprint density at radius 1 is 1.50 bits per heavy atom. The highest BCUT2D eigenvalue weighted by molar-refractivity contribution is 5.86. The fourth-order valence-corrected chi connectivity index (χ4v) is 1.63. The van der Waals surface area contributed by atoms with E-state index in [4.69, 9.17) is 14.9 Å². The molecule has 1 rings (SSSR count). The second-order valence-electron chi connectivity index (χ2n) is 3.74. The Hall–Kier alpha value is -1.36. The van der Waals surface area contributed by atoms with Crippen molar-refractivity contribution in [1.29, 1.82) is 0 Å². The summed E-state index contributed by atoms with van der Waals surface area (Å²) in [6.45, 7) is -0.223. The molecule has 0 amide bonds. The Morgan fingerprint density at radius 2 is 2.25 bits per heavy atom. The van der Waals surface area contributed by atoms with Gasteiger partial charge in [-0.2, -0.15) is 0 Å². The average molecular weight is 228 g/mol. The summed E-state index contributed by atoms with van der Waals surface area (Å²) in [4.78, 5) is 22.0. The Morgan fingerprint density at radius 3 is 2.88 bits per heavy atom. The lowest BCUT2D eigenvalue weighted by molar-refractivity contribution is -0.146. The fraction of sp³-hybridized carbons (Fsp3) is 0.636. The summed E-state index contributed by atoms with van der Waals surface area (Å²) in [6.07, 6.45) is 3.71. The van der Waals surface area contributed by atoms with E-state index in [0.717, 1.165) is 12.8 Å². The van der Waals surface area contributed by atoms with Gasteiger partial charge in [0.1, 0.15) is 6.10 Å². The van der Waals surface area contributed by atoms with E-state index >= 15 is 0 Å². The molecule has 90 valence electrons. The van der Waals surface area contributed by atoms with E-state index in [-0.39, 0.29) is 24.6 Å². The molecule has 0 radical (unpaired) electrons. The standard InChI is InChI=1S/C11H16O5/c12-6-5-8(11(14)15)7-9-3-1-2-4-10(13)16-9/h7,9,12H,1-6H2,(H,14,15). The number of carboxylic acid groups (broad SMARTS) is 1. The molecule has 0 aliphatic carbocycles. The first-order valence-electron chi connectivity index (χ1n) is 5.38. The van der Waals surface area contributed by atoms with Crippen LogP contribution in [0, 0.1) is 0 Å². The normalized spacial score (nSPS) is 22.4. The molecule has 1 atom stereocenters. The smallest absolute Gasteiger partial charge is 0.331 e. The molecule has 0 aromatic carbocycles. The first-order chi connectivity index (χ1) is 7.63. The Bertz CT molecular complexity index is 295. The van der Waals surface area contributed by atoms with Gasteiger partial charge >= 0.3 is 11.9 Å². The first-order valence-corrected chi connectivity index (χ1v) is 5.38. The van der Waals surface area contributed by atoms with Gasteiger partial charge in [0, 0.05) is 25.0 Å². The number of aliphatic hydroxyl groups is 1. The Kier molecular flexibility index (Phi) is 4.98. The summed E-state index contributed by atoms with van der Waals surface area (Å²) < 4.78 is 5.08. The van der Waals surface area contributed by atoms with Gasteiger partial charge in [0.2, 0.25) is 0 Å². The largest absolute Gasteiger partial charge is 0.478 e. The molecule has 5 heteroatoms. The van der Waals surface area contributed by atoms with Crippen molar-refractivity contribution in [3.05, 3.63) is 11.6 Å². The van der Waals surface area contributed by atoms with Crippen LogP contribution >= 0.6 is 0 Å². The highest BCUT2D eigenvalue weighted by Gasteiger charge is 2.18. The number of carboxylic acids is 1. The zero-order chi connectivity index (χ0) is 12.0. The summed E-state index contributed by atoms with van der Waals surface area (Å²) >= 11 is 0. The molecule has 1 heterocycles. The van der Waals surface area contributed by atoms with Crippen LogP contribution in [0.4, 0.5) is 0 Å². The second kappa shape index (κ2) is 6.27. The highest BCUT2D eigenvalue weighted by atomic mass is 16.5. The minimum Gasteiger partial charge on any atom is -0.478 e. The van der Waals surface area contributed by atoms with Crippen molar-refractivity contribution in [2.45, 2.75) is 38.2 Å². The number of rotatable bonds is 4. The van der Waals surface area contributed by atoms with E-state index in [1.807, 2.05) is 0 Å². The minimum atomic E-state index is -1.07. The number of carbonyl (C=O) groups is 2. The number of cyclic esters (lactones) is 1. The number of aliphatic hydroxyl groups excluding tert-OH is 1. The van der Waals surface area contributed by atoms with E-state index < -0.39 is 12.1 Å². The third-order valence-corrected chi connectivity index (χ3v) is 2.45. The van der Waals surface area contributed by atoms with Crippen molar-refractivity contribution in [3.8, 4) is 0 Å². The van der Waals surface area contributed by atoms with Crippen LogP contribution in [0.1, 0.15) is 32.1 Å². The second-order valence-corrected chi connectivity index (χ2v) is 3.74. The van der Waals surface area contributed by atoms with Crippen LogP contribution in [0.2, 0.25) is 0 Å². The van der Waals surface area contributed by atoms with Crippen molar-refractivity contribution in [3.63, 3.8) is 0 Å². The summed E-state index contributed by atoms with van der Waals surface area (Å²) in [5.41, 5.74) is 0.0993. The van der Waals surface area contributed by atoms with Crippen molar-refractivity contribution in [2.24, 2.45) is 0 Å². The van der Waals surface area contributed by atoms with Crippen LogP contribution in [0.5, 0.6) is 0 Å². The van der Waals surface area contributed by atoms with Gasteiger partial charge < -0.3 is 14.9 Å². The molecule has 0 spiro atoms. The van der Waals surface area contributed by atoms with E-state index in [0.29, 0.717) is 12.8 Å². The molecule has 0 saturated carbocycles. The lowest BCUT2D eigenvalue weighted by Crippen LogP contribution is -2.15. The maximum atomic E-state index is 11.2. The number of hydrogen-bond acceptors (Lipinski definition) is 4. The third kappa shape index (κ3) is 4.02. The number of aliphatic carboxylic acids is 1. The lowest BCUT2D eigenvalue weighted by atomic mass is 10.1. The van der Waals surface area contributed by atoms with Gasteiger partial charge in [-0.1, -0.05) is 0 Å². The summed E-state index contributed by atoms with van der Waals surface area (Å²) in [7, 11) is 0. The molecule has 1 unspecified atom stereocenters. The minimum absolute atomic E-state index is 0.0728. The van der Waals surface area contributed by atoms with Crippen molar-refractivity contribution < 1.29 is 24.5 Å². The van der Waals surface area contributed by atoms with Crippen molar-refractivity contribution in [2.75, 3.05) is 6.61 Å². The zero-order valence-electron chi connectivity index (χ0n) is 9.02. The van der Waals surface area contributed by atoms with E-state index in [9.17, 15) is 9.59 Å². The van der Waals surface area contributed by atoms with Gasteiger partial charge in [0.25, 0.3) is 0 Å².